The second-order valence-electron chi connectivity index (χ2n) is 9.62. The minimum atomic E-state index is -0.527. The minimum Gasteiger partial charge on any atom is -0.464 e. The lowest BCUT2D eigenvalue weighted by molar-refractivity contribution is -0.139. The minimum absolute atomic E-state index is 0.220. The van der Waals surface area contributed by atoms with Crippen LogP contribution in [0.1, 0.15) is 72.5 Å². The first kappa shape index (κ1) is 22.6. The average molecular weight is 457 g/mol. The Labute approximate surface area is 200 Å². The highest BCUT2D eigenvalue weighted by molar-refractivity contribution is 5.97. The third-order valence-electron chi connectivity index (χ3n) is 7.33. The van der Waals surface area contributed by atoms with Crippen LogP contribution in [-0.4, -0.2) is 30.6 Å². The summed E-state index contributed by atoms with van der Waals surface area (Å²) in [5, 5.41) is 9.27. The van der Waals surface area contributed by atoms with Crippen LogP contribution in [0.15, 0.2) is 66.7 Å². The Morgan fingerprint density at radius 1 is 0.971 bits per heavy atom. The van der Waals surface area contributed by atoms with E-state index in [4.69, 9.17) is 4.74 Å². The highest BCUT2D eigenvalue weighted by atomic mass is 16.5. The lowest BCUT2D eigenvalue weighted by Crippen LogP contribution is -2.37. The van der Waals surface area contributed by atoms with Gasteiger partial charge in [0.05, 0.1) is 6.61 Å². The summed E-state index contributed by atoms with van der Waals surface area (Å²) in [6.45, 7) is 2.64. The van der Waals surface area contributed by atoms with Gasteiger partial charge in [0.1, 0.15) is 6.04 Å². The van der Waals surface area contributed by atoms with Crippen LogP contribution in [0, 0.1) is 0 Å². The normalized spacial score (nSPS) is 23.4. The molecule has 5 nitrogen and oxygen atoms in total. The van der Waals surface area contributed by atoms with Gasteiger partial charge < -0.3 is 15.4 Å². The second kappa shape index (κ2) is 9.98. The zero-order valence-corrected chi connectivity index (χ0v) is 19.6. The van der Waals surface area contributed by atoms with Crippen LogP contribution in [0.5, 0.6) is 0 Å². The van der Waals surface area contributed by atoms with Crippen LogP contribution in [0.2, 0.25) is 0 Å². The first-order chi connectivity index (χ1) is 16.6. The van der Waals surface area contributed by atoms with Gasteiger partial charge in [-0.3, -0.25) is 4.79 Å². The molecule has 1 saturated heterocycles. The van der Waals surface area contributed by atoms with E-state index < -0.39 is 6.04 Å². The van der Waals surface area contributed by atoms with Crippen molar-refractivity contribution < 1.29 is 14.3 Å². The maximum Gasteiger partial charge on any atom is 0.328 e. The molecule has 4 atom stereocenters. The maximum atomic E-state index is 12.5. The molecule has 1 heterocycles. The van der Waals surface area contributed by atoms with Crippen molar-refractivity contribution in [2.24, 2.45) is 0 Å². The molecule has 1 saturated carbocycles. The van der Waals surface area contributed by atoms with Gasteiger partial charge >= 0.3 is 5.97 Å². The molecule has 0 bridgehead atoms. The molecule has 2 aliphatic rings. The third kappa shape index (κ3) is 4.85. The van der Waals surface area contributed by atoms with E-state index in [0.29, 0.717) is 30.6 Å². The molecule has 1 aliphatic carbocycles. The number of hydrogen-bond donors (Lipinski definition) is 2. The van der Waals surface area contributed by atoms with Gasteiger partial charge in [-0.15, -0.1) is 0 Å². The fourth-order valence-electron chi connectivity index (χ4n) is 5.49. The van der Waals surface area contributed by atoms with E-state index in [1.165, 1.54) is 41.2 Å². The molecule has 1 amide bonds. The molecule has 0 aromatic heterocycles. The van der Waals surface area contributed by atoms with Gasteiger partial charge in [-0.25, -0.2) is 4.79 Å². The van der Waals surface area contributed by atoms with Gasteiger partial charge in [0.25, 0.3) is 5.91 Å². The van der Waals surface area contributed by atoms with Gasteiger partial charge in [-0.05, 0) is 66.1 Å². The van der Waals surface area contributed by atoms with E-state index in [0.717, 1.165) is 6.42 Å². The Morgan fingerprint density at radius 3 is 2.56 bits per heavy atom. The third-order valence-corrected chi connectivity index (χ3v) is 7.33. The summed E-state index contributed by atoms with van der Waals surface area (Å²) >= 11 is 0. The highest BCUT2D eigenvalue weighted by Gasteiger charge is 2.29. The molecule has 2 N–H and O–H groups in total. The van der Waals surface area contributed by atoms with Crippen LogP contribution < -0.4 is 10.6 Å². The van der Waals surface area contributed by atoms with Crippen LogP contribution in [-0.2, 0) is 9.53 Å². The van der Waals surface area contributed by atoms with Crippen LogP contribution in [0.4, 0.5) is 0 Å². The zero-order valence-electron chi connectivity index (χ0n) is 19.6. The monoisotopic (exact) mass is 456 g/mol. The number of fused-ring (bicyclic) bond motifs is 1. The number of carbonyl (C=O) groups excluding carboxylic acids is 2. The molecule has 34 heavy (non-hydrogen) atoms. The van der Waals surface area contributed by atoms with E-state index >= 15 is 0 Å². The molecule has 5 rings (SSSR count). The first-order valence-electron chi connectivity index (χ1n) is 12.4. The topological polar surface area (TPSA) is 67.4 Å². The standard InChI is InChI=1S/C29H32N2O3/c1-19(25-11-5-7-21-6-2-3-10-26(21)25)30-24-9-4-8-23(18-24)20-12-14-22(15-13-20)28(32)31-27-16-17-34-29(27)33/h2-3,5-7,10-15,19,23-24,27,30H,4,8-9,16-18H2,1H3,(H,31,32)/t19-,23+,24+,27?/m1/s1. The summed E-state index contributed by atoms with van der Waals surface area (Å²) in [5.74, 6) is -0.0844. The van der Waals surface area contributed by atoms with Crippen molar-refractivity contribution in [2.45, 2.75) is 63.1 Å². The maximum absolute atomic E-state index is 12.5. The van der Waals surface area contributed by atoms with Crippen LogP contribution >= 0.6 is 0 Å². The van der Waals surface area contributed by atoms with Crippen molar-refractivity contribution >= 4 is 22.6 Å². The van der Waals surface area contributed by atoms with Crippen molar-refractivity contribution in [3.05, 3.63) is 83.4 Å². The molecular weight excluding hydrogens is 424 g/mol. The predicted molar refractivity (Wildman–Crippen MR) is 134 cm³/mol. The number of hydrogen-bond acceptors (Lipinski definition) is 4. The van der Waals surface area contributed by atoms with Crippen LogP contribution in [0.25, 0.3) is 10.8 Å². The number of carbonyl (C=O) groups is 2. The molecule has 2 fully saturated rings. The number of amides is 1. The Hall–Kier alpha value is -3.18. The van der Waals surface area contributed by atoms with Gasteiger partial charge in [-0.2, -0.15) is 0 Å². The number of ether oxygens (including phenoxy) is 1. The van der Waals surface area contributed by atoms with E-state index in [1.807, 2.05) is 12.1 Å². The molecule has 1 aliphatic heterocycles. The quantitative estimate of drug-likeness (QED) is 0.497. The first-order valence-corrected chi connectivity index (χ1v) is 12.4. The van der Waals surface area contributed by atoms with Crippen molar-refractivity contribution in [3.63, 3.8) is 0 Å². The van der Waals surface area contributed by atoms with E-state index in [1.54, 1.807) is 0 Å². The van der Waals surface area contributed by atoms with Crippen molar-refractivity contribution in [2.75, 3.05) is 6.61 Å². The van der Waals surface area contributed by atoms with Gasteiger partial charge in [0.2, 0.25) is 0 Å². The SMILES string of the molecule is C[C@@H](N[C@H]1CCC[C@H](c2ccc(C(=O)NC3CCOC3=O)cc2)C1)c1cccc2ccccc12. The number of esters is 1. The highest BCUT2D eigenvalue weighted by Crippen LogP contribution is 2.34. The lowest BCUT2D eigenvalue weighted by Gasteiger charge is -2.32. The average Bonchev–Trinajstić information content (AvgIpc) is 3.28. The molecule has 3 aromatic carbocycles. The molecule has 1 unspecified atom stereocenters. The van der Waals surface area contributed by atoms with Crippen LogP contribution in [0.3, 0.4) is 0 Å². The van der Waals surface area contributed by atoms with E-state index in [2.05, 4.69) is 72.2 Å². The number of cyclic esters (lactones) is 1. The smallest absolute Gasteiger partial charge is 0.328 e. The van der Waals surface area contributed by atoms with Crippen molar-refractivity contribution in [1.82, 2.24) is 10.6 Å². The molecule has 176 valence electrons. The summed E-state index contributed by atoms with van der Waals surface area (Å²) in [4.78, 5) is 24.1. The number of rotatable bonds is 6. The Bertz CT molecular complexity index is 1170. The number of nitrogens with one attached hydrogen (secondary N) is 2. The molecule has 3 aromatic rings. The van der Waals surface area contributed by atoms with E-state index in [-0.39, 0.29) is 17.9 Å². The summed E-state index contributed by atoms with van der Waals surface area (Å²) in [6.07, 6.45) is 5.17. The summed E-state index contributed by atoms with van der Waals surface area (Å²) in [5.41, 5.74) is 3.21. The molecule has 0 radical (unpaired) electrons. The Balaban J connectivity index is 1.22. The predicted octanol–water partition coefficient (Wildman–Crippen LogP) is 5.26. The Kier molecular flexibility index (Phi) is 6.63. The molecule has 5 heteroatoms. The zero-order chi connectivity index (χ0) is 23.5. The van der Waals surface area contributed by atoms with Gasteiger partial charge in [0.15, 0.2) is 0 Å². The molecular formula is C29H32N2O3. The van der Waals surface area contributed by atoms with Gasteiger partial charge in [0, 0.05) is 24.1 Å². The van der Waals surface area contributed by atoms with Gasteiger partial charge in [-0.1, -0.05) is 61.0 Å². The lowest BCUT2D eigenvalue weighted by atomic mass is 9.80. The largest absolute Gasteiger partial charge is 0.464 e. The fourth-order valence-corrected chi connectivity index (χ4v) is 5.49. The summed E-state index contributed by atoms with van der Waals surface area (Å²) < 4.78 is 4.93. The van der Waals surface area contributed by atoms with Crippen molar-refractivity contribution in [3.8, 4) is 0 Å². The molecule has 0 spiro atoms. The number of benzene rings is 3. The van der Waals surface area contributed by atoms with Crippen molar-refractivity contribution in [1.29, 1.82) is 0 Å². The fraction of sp³-hybridized carbons (Fsp3) is 0.379. The summed E-state index contributed by atoms with van der Waals surface area (Å²) in [7, 11) is 0. The second-order valence-corrected chi connectivity index (χ2v) is 9.62. The Morgan fingerprint density at radius 2 is 1.76 bits per heavy atom. The summed E-state index contributed by atoms with van der Waals surface area (Å²) in [6, 6.07) is 23.2. The van der Waals surface area contributed by atoms with E-state index in [9.17, 15) is 9.59 Å².